The molecule has 2 aliphatic rings. The third-order valence-corrected chi connectivity index (χ3v) is 7.92. The summed E-state index contributed by atoms with van der Waals surface area (Å²) in [5.41, 5.74) is 5.02. The van der Waals surface area contributed by atoms with E-state index < -0.39 is 0 Å². The Balaban J connectivity index is 1.41. The number of hydrogen-bond donors (Lipinski definition) is 0. The van der Waals surface area contributed by atoms with Gasteiger partial charge in [0, 0.05) is 27.4 Å². The second-order valence-electron chi connectivity index (χ2n) is 10.1. The quantitative estimate of drug-likeness (QED) is 0.227. The molecule has 6 nitrogen and oxygen atoms in total. The molecule has 0 spiro atoms. The number of amides is 2. The molecule has 1 fully saturated rings. The molecule has 4 aromatic rings. The molecule has 3 aromatic carbocycles. The molecule has 1 saturated heterocycles. The fourth-order valence-corrected chi connectivity index (χ4v) is 5.93. The summed E-state index contributed by atoms with van der Waals surface area (Å²) in [6.07, 6.45) is 3.47. The number of imide groups is 1. The van der Waals surface area contributed by atoms with E-state index in [1.165, 1.54) is 11.3 Å². The average Bonchev–Trinajstić information content (AvgIpc) is 3.35. The second kappa shape index (κ2) is 9.86. The molecule has 2 amide bonds. The summed E-state index contributed by atoms with van der Waals surface area (Å²) in [4.78, 5) is 43.1. The van der Waals surface area contributed by atoms with E-state index in [0.29, 0.717) is 28.3 Å². The lowest BCUT2D eigenvalue weighted by molar-refractivity contribution is 0.0642. The Morgan fingerprint density at radius 2 is 1.53 bits per heavy atom. The molecule has 0 aliphatic carbocycles. The van der Waals surface area contributed by atoms with Gasteiger partial charge in [0.05, 0.1) is 29.7 Å². The third kappa shape index (κ3) is 4.24. The summed E-state index contributed by atoms with van der Waals surface area (Å²) in [5, 5.41) is 1.50. The first-order valence-corrected chi connectivity index (χ1v) is 13.4. The van der Waals surface area contributed by atoms with Crippen molar-refractivity contribution < 1.29 is 14.4 Å². The molecule has 3 heterocycles. The number of nitrogens with zero attached hydrogens (tertiary/aromatic N) is 3. The van der Waals surface area contributed by atoms with Crippen molar-refractivity contribution in [2.24, 2.45) is 0 Å². The van der Waals surface area contributed by atoms with Crippen molar-refractivity contribution in [1.82, 2.24) is 14.4 Å². The van der Waals surface area contributed by atoms with E-state index in [1.54, 1.807) is 24.3 Å². The van der Waals surface area contributed by atoms with Gasteiger partial charge in [0.25, 0.3) is 11.8 Å². The predicted molar refractivity (Wildman–Crippen MR) is 148 cm³/mol. The smallest absolute Gasteiger partial charge is 0.261 e. The number of Topliss-reactive ketones (excluding diaryl/α,β-unsaturated/α-hetero) is 1. The van der Waals surface area contributed by atoms with Crippen molar-refractivity contribution >= 4 is 40.1 Å². The van der Waals surface area contributed by atoms with Crippen molar-refractivity contribution in [3.05, 3.63) is 99.7 Å². The molecule has 0 atom stereocenters. The van der Waals surface area contributed by atoms with Crippen LogP contribution in [0.25, 0.3) is 16.6 Å². The van der Waals surface area contributed by atoms with E-state index in [2.05, 4.69) is 9.47 Å². The topological polar surface area (TPSA) is 62.6 Å². The van der Waals surface area contributed by atoms with E-state index in [0.717, 1.165) is 53.8 Å². The number of benzene rings is 3. The van der Waals surface area contributed by atoms with Gasteiger partial charge >= 0.3 is 0 Å². The van der Waals surface area contributed by atoms with Crippen LogP contribution in [0.3, 0.4) is 0 Å². The van der Waals surface area contributed by atoms with E-state index in [4.69, 9.17) is 11.6 Å². The van der Waals surface area contributed by atoms with Crippen molar-refractivity contribution in [2.45, 2.75) is 32.7 Å². The van der Waals surface area contributed by atoms with Gasteiger partial charge in [0.15, 0.2) is 5.78 Å². The first-order valence-electron chi connectivity index (χ1n) is 13.0. The van der Waals surface area contributed by atoms with Gasteiger partial charge in [-0.05, 0) is 80.9 Å². The lowest BCUT2D eigenvalue weighted by atomic mass is 10.0. The maximum atomic E-state index is 13.6. The average molecular weight is 526 g/mol. The summed E-state index contributed by atoms with van der Waals surface area (Å²) in [6, 6.07) is 20.3. The minimum absolute atomic E-state index is 0.107. The van der Waals surface area contributed by atoms with Crippen LogP contribution < -0.4 is 0 Å². The highest BCUT2D eigenvalue weighted by Gasteiger charge is 2.35. The van der Waals surface area contributed by atoms with E-state index >= 15 is 0 Å². The molecule has 7 heteroatoms. The highest BCUT2D eigenvalue weighted by atomic mass is 35.5. The van der Waals surface area contributed by atoms with Crippen molar-refractivity contribution in [2.75, 3.05) is 19.6 Å². The molecule has 0 radical (unpaired) electrons. The van der Waals surface area contributed by atoms with Gasteiger partial charge in [-0.15, -0.1) is 0 Å². The largest absolute Gasteiger partial charge is 0.313 e. The van der Waals surface area contributed by atoms with E-state index in [-0.39, 0.29) is 24.1 Å². The van der Waals surface area contributed by atoms with Crippen LogP contribution >= 0.6 is 11.6 Å². The number of piperidine rings is 1. The maximum Gasteiger partial charge on any atom is 0.261 e. The molecule has 38 heavy (non-hydrogen) atoms. The normalized spacial score (nSPS) is 15.9. The number of halogens is 1. The minimum Gasteiger partial charge on any atom is -0.313 e. The number of rotatable bonds is 6. The molecule has 192 valence electrons. The molecule has 0 saturated carbocycles. The van der Waals surface area contributed by atoms with Gasteiger partial charge in [-0.2, -0.15) is 0 Å². The van der Waals surface area contributed by atoms with Gasteiger partial charge < -0.3 is 4.57 Å². The van der Waals surface area contributed by atoms with Gasteiger partial charge in [0.1, 0.15) is 0 Å². The van der Waals surface area contributed by atoms with Gasteiger partial charge in [-0.3, -0.25) is 24.2 Å². The Hall–Kier alpha value is -3.74. The van der Waals surface area contributed by atoms with E-state index in [9.17, 15) is 14.4 Å². The van der Waals surface area contributed by atoms with Gasteiger partial charge in [-0.1, -0.05) is 42.3 Å². The summed E-state index contributed by atoms with van der Waals surface area (Å²) >= 11 is 6.17. The number of carbonyl (C=O) groups is 3. The zero-order valence-electron chi connectivity index (χ0n) is 21.2. The molecule has 1 aromatic heterocycles. The second-order valence-corrected chi connectivity index (χ2v) is 10.6. The molecule has 6 rings (SSSR count). The zero-order chi connectivity index (χ0) is 26.4. The van der Waals surface area contributed by atoms with Crippen LogP contribution in [0.4, 0.5) is 0 Å². The van der Waals surface area contributed by atoms with Crippen LogP contribution in [-0.2, 0) is 6.54 Å². The first kappa shape index (κ1) is 24.6. The van der Waals surface area contributed by atoms with Crippen molar-refractivity contribution in [3.63, 3.8) is 0 Å². The van der Waals surface area contributed by atoms with Crippen LogP contribution in [0.5, 0.6) is 0 Å². The molecule has 0 bridgehead atoms. The maximum absolute atomic E-state index is 13.6. The molecule has 0 unspecified atom stereocenters. The summed E-state index contributed by atoms with van der Waals surface area (Å²) in [6.45, 7) is 4.43. The lowest BCUT2D eigenvalue weighted by Crippen LogP contribution is -2.34. The molecular weight excluding hydrogens is 498 g/mol. The van der Waals surface area contributed by atoms with Crippen LogP contribution in [0.1, 0.15) is 61.6 Å². The summed E-state index contributed by atoms with van der Waals surface area (Å²) < 4.78 is 2.07. The van der Waals surface area contributed by atoms with Gasteiger partial charge in [0.2, 0.25) is 0 Å². The third-order valence-electron chi connectivity index (χ3n) is 7.67. The Kier molecular flexibility index (Phi) is 6.38. The number of hydrogen-bond acceptors (Lipinski definition) is 4. The van der Waals surface area contributed by atoms with Crippen LogP contribution in [0.2, 0.25) is 5.02 Å². The molecule has 2 aliphatic heterocycles. The van der Waals surface area contributed by atoms with Crippen molar-refractivity contribution in [3.8, 4) is 5.69 Å². The lowest BCUT2D eigenvalue weighted by Gasteiger charge is -2.25. The fourth-order valence-electron chi connectivity index (χ4n) is 5.80. The number of likely N-dealkylation sites (tertiary alicyclic amines) is 1. The van der Waals surface area contributed by atoms with Crippen molar-refractivity contribution in [1.29, 1.82) is 0 Å². The standard InChI is InChI=1S/C31H28ClN3O3/c1-20-29(28(36)19-33-15-5-2-6-16-33)26-14-9-21(17-27(26)35(20)23-12-10-22(32)11-13-23)18-34-30(37)24-7-3-4-8-25(24)31(34)38/h3-4,7-14,17H,2,5-6,15-16,18-19H2,1H3. The zero-order valence-corrected chi connectivity index (χ0v) is 22.0. The first-order chi connectivity index (χ1) is 18.4. The Bertz CT molecular complexity index is 1550. The van der Waals surface area contributed by atoms with E-state index in [1.807, 2.05) is 49.4 Å². The van der Waals surface area contributed by atoms with Crippen LogP contribution in [0.15, 0.2) is 66.7 Å². The van der Waals surface area contributed by atoms with Crippen LogP contribution in [0, 0.1) is 6.92 Å². The molecule has 0 N–H and O–H groups in total. The van der Waals surface area contributed by atoms with Gasteiger partial charge in [-0.25, -0.2) is 0 Å². The predicted octanol–water partition coefficient (Wildman–Crippen LogP) is 6.06. The minimum atomic E-state index is -0.285. The summed E-state index contributed by atoms with van der Waals surface area (Å²) in [7, 11) is 0. The number of ketones is 1. The summed E-state index contributed by atoms with van der Waals surface area (Å²) in [5.74, 6) is -0.463. The number of fused-ring (bicyclic) bond motifs is 2. The monoisotopic (exact) mass is 525 g/mol. The molecular formula is C31H28ClN3O3. The SMILES string of the molecule is Cc1c(C(=O)CN2CCCCC2)c2ccc(CN3C(=O)c4ccccc4C3=O)cc2n1-c1ccc(Cl)cc1. The van der Waals surface area contributed by atoms with Crippen LogP contribution in [-0.4, -0.2) is 51.6 Å². The Morgan fingerprint density at radius 1 is 0.868 bits per heavy atom. The fraction of sp³-hybridized carbons (Fsp3) is 0.258. The highest BCUT2D eigenvalue weighted by molar-refractivity contribution is 6.30. The number of carbonyl (C=O) groups excluding carboxylic acids is 3. The Morgan fingerprint density at radius 3 is 2.18 bits per heavy atom. The number of aromatic nitrogens is 1. The highest BCUT2D eigenvalue weighted by Crippen LogP contribution is 2.32. The Labute approximate surface area is 226 Å².